The summed E-state index contributed by atoms with van der Waals surface area (Å²) in [5.74, 6) is -4.79. The number of aromatic amines is 3. The standard InChI is InChI=1S/C23H30N10O7/c24-15(1-2-19(34)35)20(36)31-16(3-12-6-25-9-28-12)21(37)32-17(4-13-7-26-10-29-13)22(38)33-18(23(39)40)5-14-8-27-11-30-14/h6-11,15-18H,1-5,24H2,(H,25,28)(H,26,29)(H,27,30)(H,31,36)(H,32,37)(H,33,38)(H,34,35)(H,39,40)/t15-,16-,17-,18-/m0/s1. The van der Waals surface area contributed by atoms with Gasteiger partial charge in [-0.15, -0.1) is 0 Å². The molecule has 3 heterocycles. The van der Waals surface area contributed by atoms with Gasteiger partial charge >= 0.3 is 11.9 Å². The van der Waals surface area contributed by atoms with Crippen LogP contribution in [0, 0.1) is 0 Å². The molecule has 0 unspecified atom stereocenters. The monoisotopic (exact) mass is 558 g/mol. The normalized spacial score (nSPS) is 13.9. The van der Waals surface area contributed by atoms with Gasteiger partial charge in [0.2, 0.25) is 17.7 Å². The molecule has 0 saturated heterocycles. The Bertz CT molecular complexity index is 1260. The van der Waals surface area contributed by atoms with E-state index >= 15 is 0 Å². The Labute approximate surface area is 226 Å². The third kappa shape index (κ3) is 9.05. The number of carboxylic acid groups (broad SMARTS) is 2. The van der Waals surface area contributed by atoms with E-state index in [9.17, 15) is 29.1 Å². The number of hydrogen-bond acceptors (Lipinski definition) is 9. The summed E-state index contributed by atoms with van der Waals surface area (Å²) in [5.41, 5.74) is 7.02. The Kier molecular flexibility index (Phi) is 10.5. The summed E-state index contributed by atoms with van der Waals surface area (Å²) in [6.45, 7) is 0. The average molecular weight is 559 g/mol. The molecule has 0 radical (unpaired) electrons. The van der Waals surface area contributed by atoms with E-state index in [1.807, 2.05) is 0 Å². The molecule has 0 bridgehead atoms. The fourth-order valence-electron chi connectivity index (χ4n) is 3.69. The number of amides is 3. The van der Waals surface area contributed by atoms with Gasteiger partial charge in [-0.1, -0.05) is 0 Å². The molecule has 0 aliphatic heterocycles. The minimum atomic E-state index is -1.35. The molecule has 3 aromatic heterocycles. The molecule has 3 rings (SSSR count). The Morgan fingerprint density at radius 2 is 1.10 bits per heavy atom. The van der Waals surface area contributed by atoms with Crippen LogP contribution in [-0.4, -0.2) is 93.9 Å². The van der Waals surface area contributed by atoms with E-state index in [0.29, 0.717) is 17.1 Å². The molecule has 40 heavy (non-hydrogen) atoms. The highest BCUT2D eigenvalue weighted by molar-refractivity contribution is 5.94. The molecular weight excluding hydrogens is 528 g/mol. The van der Waals surface area contributed by atoms with Gasteiger partial charge in [0.1, 0.15) is 18.1 Å². The first kappa shape index (κ1) is 29.5. The second kappa shape index (κ2) is 14.2. The van der Waals surface area contributed by atoms with Gasteiger partial charge in [0.15, 0.2) is 0 Å². The van der Waals surface area contributed by atoms with Crippen LogP contribution in [0.1, 0.15) is 29.9 Å². The first-order valence-electron chi connectivity index (χ1n) is 12.2. The molecule has 0 spiro atoms. The van der Waals surface area contributed by atoms with Crippen molar-refractivity contribution in [3.8, 4) is 0 Å². The maximum Gasteiger partial charge on any atom is 0.326 e. The van der Waals surface area contributed by atoms with Crippen molar-refractivity contribution in [1.82, 2.24) is 45.9 Å². The van der Waals surface area contributed by atoms with Crippen LogP contribution < -0.4 is 21.7 Å². The maximum atomic E-state index is 13.4. The van der Waals surface area contributed by atoms with Gasteiger partial charge in [0, 0.05) is 44.3 Å². The van der Waals surface area contributed by atoms with E-state index in [2.05, 4.69) is 45.9 Å². The van der Waals surface area contributed by atoms with Crippen molar-refractivity contribution >= 4 is 29.7 Å². The highest BCUT2D eigenvalue weighted by Crippen LogP contribution is 2.06. The summed E-state index contributed by atoms with van der Waals surface area (Å²) in [5, 5.41) is 26.0. The zero-order chi connectivity index (χ0) is 29.1. The number of H-pyrrole nitrogens is 3. The lowest BCUT2D eigenvalue weighted by atomic mass is 10.1. The molecule has 10 N–H and O–H groups in total. The number of aliphatic carboxylic acids is 2. The van der Waals surface area contributed by atoms with Gasteiger partial charge in [0.25, 0.3) is 0 Å². The number of hydrogen-bond donors (Lipinski definition) is 9. The van der Waals surface area contributed by atoms with Crippen LogP contribution >= 0.6 is 0 Å². The van der Waals surface area contributed by atoms with Gasteiger partial charge in [-0.2, -0.15) is 0 Å². The number of carbonyl (C=O) groups is 5. The molecule has 17 nitrogen and oxygen atoms in total. The number of rotatable bonds is 16. The van der Waals surface area contributed by atoms with E-state index in [1.54, 1.807) is 0 Å². The number of nitrogens with two attached hydrogens (primary N) is 1. The summed E-state index contributed by atoms with van der Waals surface area (Å²) in [6, 6.07) is -5.08. The van der Waals surface area contributed by atoms with Crippen LogP contribution in [0.2, 0.25) is 0 Å². The van der Waals surface area contributed by atoms with Crippen LogP contribution in [0.3, 0.4) is 0 Å². The van der Waals surface area contributed by atoms with E-state index in [4.69, 9.17) is 10.8 Å². The van der Waals surface area contributed by atoms with Crippen molar-refractivity contribution in [3.63, 3.8) is 0 Å². The zero-order valence-corrected chi connectivity index (χ0v) is 21.2. The summed E-state index contributed by atoms with van der Waals surface area (Å²) in [6.07, 6.45) is 7.84. The summed E-state index contributed by atoms with van der Waals surface area (Å²) in [4.78, 5) is 82.2. The van der Waals surface area contributed by atoms with Gasteiger partial charge in [0.05, 0.1) is 42.1 Å². The van der Waals surface area contributed by atoms with Crippen molar-refractivity contribution in [1.29, 1.82) is 0 Å². The Hall–Kier alpha value is -5.06. The molecule has 0 aromatic carbocycles. The molecule has 214 valence electrons. The number of aromatic nitrogens is 6. The molecule has 3 amide bonds. The third-order valence-corrected chi connectivity index (χ3v) is 5.79. The van der Waals surface area contributed by atoms with Crippen molar-refractivity contribution in [2.45, 2.75) is 56.3 Å². The van der Waals surface area contributed by atoms with Crippen LogP contribution in [0.15, 0.2) is 37.6 Å². The van der Waals surface area contributed by atoms with Crippen LogP contribution in [0.4, 0.5) is 0 Å². The SMILES string of the molecule is N[C@@H](CCC(=O)O)C(=O)N[C@@H](Cc1c[nH]cn1)C(=O)N[C@@H](Cc1c[nH]cn1)C(=O)N[C@@H](Cc1c[nH]cn1)C(=O)O. The van der Waals surface area contributed by atoms with Gasteiger partial charge < -0.3 is 46.8 Å². The fraction of sp³-hybridized carbons (Fsp3) is 0.391. The lowest BCUT2D eigenvalue weighted by Gasteiger charge is -2.24. The van der Waals surface area contributed by atoms with Gasteiger partial charge in [-0.05, 0) is 6.42 Å². The van der Waals surface area contributed by atoms with Crippen molar-refractivity contribution in [2.75, 3.05) is 0 Å². The topological polar surface area (TPSA) is 274 Å². The Balaban J connectivity index is 1.77. The first-order chi connectivity index (χ1) is 19.1. The molecule has 0 aliphatic rings. The van der Waals surface area contributed by atoms with E-state index in [1.165, 1.54) is 37.6 Å². The highest BCUT2D eigenvalue weighted by Gasteiger charge is 2.31. The minimum absolute atomic E-state index is 0.0830. The number of nitrogens with one attached hydrogen (secondary N) is 6. The second-order valence-electron chi connectivity index (χ2n) is 8.85. The maximum absolute atomic E-state index is 13.4. The van der Waals surface area contributed by atoms with Gasteiger partial charge in [-0.3, -0.25) is 19.2 Å². The number of carbonyl (C=O) groups excluding carboxylic acids is 3. The third-order valence-electron chi connectivity index (χ3n) is 5.79. The van der Waals surface area contributed by atoms with Crippen molar-refractivity contribution in [3.05, 3.63) is 54.7 Å². The lowest BCUT2D eigenvalue weighted by Crippen LogP contribution is -2.58. The average Bonchev–Trinajstić information content (AvgIpc) is 3.70. The molecule has 0 saturated carbocycles. The second-order valence-corrected chi connectivity index (χ2v) is 8.85. The molecule has 17 heteroatoms. The highest BCUT2D eigenvalue weighted by atomic mass is 16.4. The largest absolute Gasteiger partial charge is 0.481 e. The smallest absolute Gasteiger partial charge is 0.326 e. The predicted octanol–water partition coefficient (Wildman–Crippen LogP) is -2.39. The Morgan fingerprint density at radius 3 is 1.48 bits per heavy atom. The van der Waals surface area contributed by atoms with Crippen LogP contribution in [-0.2, 0) is 43.2 Å². The summed E-state index contributed by atoms with van der Waals surface area (Å²) >= 11 is 0. The van der Waals surface area contributed by atoms with Crippen LogP contribution in [0.5, 0.6) is 0 Å². The summed E-state index contributed by atoms with van der Waals surface area (Å²) in [7, 11) is 0. The number of nitrogens with zero attached hydrogens (tertiary/aromatic N) is 3. The summed E-state index contributed by atoms with van der Waals surface area (Å²) < 4.78 is 0. The predicted molar refractivity (Wildman–Crippen MR) is 135 cm³/mol. The van der Waals surface area contributed by atoms with Crippen molar-refractivity contribution < 1.29 is 34.2 Å². The quantitative estimate of drug-likeness (QED) is 0.0894. The minimum Gasteiger partial charge on any atom is -0.481 e. The fourth-order valence-corrected chi connectivity index (χ4v) is 3.69. The molecule has 0 fully saturated rings. The van der Waals surface area contributed by atoms with E-state index < -0.39 is 53.8 Å². The van der Waals surface area contributed by atoms with Gasteiger partial charge in [-0.25, -0.2) is 19.7 Å². The Morgan fingerprint density at radius 1 is 0.700 bits per heavy atom. The van der Waals surface area contributed by atoms with Crippen LogP contribution in [0.25, 0.3) is 0 Å². The lowest BCUT2D eigenvalue weighted by molar-refractivity contribution is -0.142. The number of imidazole rings is 3. The molecule has 0 aliphatic carbocycles. The van der Waals surface area contributed by atoms with Crippen molar-refractivity contribution in [2.24, 2.45) is 5.73 Å². The molecular formula is C23H30N10O7. The molecule has 4 atom stereocenters. The number of carboxylic acids is 2. The first-order valence-corrected chi connectivity index (χ1v) is 12.2. The van der Waals surface area contributed by atoms with E-state index in [-0.39, 0.29) is 32.1 Å². The zero-order valence-electron chi connectivity index (χ0n) is 21.2. The molecule has 3 aromatic rings. The van der Waals surface area contributed by atoms with E-state index in [0.717, 1.165) is 0 Å².